The van der Waals surface area contributed by atoms with E-state index in [1.165, 1.54) is 19.3 Å². The highest BCUT2D eigenvalue weighted by molar-refractivity contribution is 6.59. The van der Waals surface area contributed by atoms with Crippen LogP contribution < -0.4 is 5.46 Å². The van der Waals surface area contributed by atoms with Gasteiger partial charge in [-0.2, -0.15) is 0 Å². The minimum Gasteiger partial charge on any atom is -0.423 e. The Morgan fingerprint density at radius 3 is 2.59 bits per heavy atom. The Morgan fingerprint density at radius 1 is 1.29 bits per heavy atom. The summed E-state index contributed by atoms with van der Waals surface area (Å²) in [5.41, 5.74) is 1.62. The van der Waals surface area contributed by atoms with Gasteiger partial charge in [0.1, 0.15) is 0 Å². The maximum absolute atomic E-state index is 9.29. The van der Waals surface area contributed by atoms with E-state index in [4.69, 9.17) is 0 Å². The zero-order valence-corrected chi connectivity index (χ0v) is 10.3. The summed E-state index contributed by atoms with van der Waals surface area (Å²) in [6, 6.07) is 7.52. The number of hydrogen-bond acceptors (Lipinski definition) is 3. The second-order valence-electron chi connectivity index (χ2n) is 5.07. The summed E-state index contributed by atoms with van der Waals surface area (Å²) in [4.78, 5) is 2.27. The normalized spacial score (nSPS) is 16.0. The molecule has 2 rings (SSSR count). The summed E-state index contributed by atoms with van der Waals surface area (Å²) in [7, 11) is 0.724. The fourth-order valence-electron chi connectivity index (χ4n) is 2.40. The first kappa shape index (κ1) is 12.6. The van der Waals surface area contributed by atoms with Crippen molar-refractivity contribution in [1.82, 2.24) is 4.90 Å². The van der Waals surface area contributed by atoms with Crippen molar-refractivity contribution >= 4 is 12.6 Å². The molecule has 0 amide bonds. The average molecular weight is 233 g/mol. The second kappa shape index (κ2) is 5.67. The first-order chi connectivity index (χ1) is 8.16. The van der Waals surface area contributed by atoms with E-state index in [-0.39, 0.29) is 0 Å². The van der Waals surface area contributed by atoms with Gasteiger partial charge in [0.25, 0.3) is 0 Å². The molecule has 1 saturated carbocycles. The first-order valence-corrected chi connectivity index (χ1v) is 6.29. The highest BCUT2D eigenvalue weighted by Gasteiger charge is 2.20. The van der Waals surface area contributed by atoms with Crippen molar-refractivity contribution in [1.29, 1.82) is 0 Å². The maximum atomic E-state index is 9.29. The van der Waals surface area contributed by atoms with E-state index in [0.717, 1.165) is 24.6 Å². The molecule has 0 bridgehead atoms. The SMILES string of the molecule is CN(Cc1ccccc1B(O)O)CC1CCC1. The van der Waals surface area contributed by atoms with Gasteiger partial charge in [-0.3, -0.25) is 0 Å². The van der Waals surface area contributed by atoms with Crippen LogP contribution in [0.2, 0.25) is 0 Å². The Balaban J connectivity index is 1.96. The van der Waals surface area contributed by atoms with E-state index in [1.807, 2.05) is 18.2 Å². The van der Waals surface area contributed by atoms with Gasteiger partial charge in [0.15, 0.2) is 0 Å². The Labute approximate surface area is 103 Å². The molecule has 0 unspecified atom stereocenters. The predicted molar refractivity (Wildman–Crippen MR) is 69.9 cm³/mol. The van der Waals surface area contributed by atoms with Gasteiger partial charge < -0.3 is 14.9 Å². The van der Waals surface area contributed by atoms with Crippen LogP contribution in [-0.4, -0.2) is 35.7 Å². The summed E-state index contributed by atoms with van der Waals surface area (Å²) in [5, 5.41) is 18.6. The third-order valence-corrected chi connectivity index (χ3v) is 3.57. The maximum Gasteiger partial charge on any atom is 0.488 e. The highest BCUT2D eigenvalue weighted by atomic mass is 16.4. The van der Waals surface area contributed by atoms with Crippen molar-refractivity contribution in [2.24, 2.45) is 5.92 Å². The summed E-state index contributed by atoms with van der Waals surface area (Å²) in [6.07, 6.45) is 4.05. The predicted octanol–water partition coefficient (Wildman–Crippen LogP) is 0.598. The number of rotatable bonds is 5. The van der Waals surface area contributed by atoms with Crippen LogP contribution in [0.15, 0.2) is 24.3 Å². The standard InChI is InChI=1S/C13H20BNO2/c1-15(9-11-5-4-6-11)10-12-7-2-3-8-13(12)14(16)17/h2-3,7-8,11,16-17H,4-6,9-10H2,1H3. The Kier molecular flexibility index (Phi) is 4.21. The summed E-state index contributed by atoms with van der Waals surface area (Å²) in [5.74, 6) is 0.839. The molecule has 17 heavy (non-hydrogen) atoms. The zero-order chi connectivity index (χ0) is 12.3. The van der Waals surface area contributed by atoms with E-state index < -0.39 is 7.12 Å². The molecule has 0 aromatic heterocycles. The van der Waals surface area contributed by atoms with Crippen LogP contribution >= 0.6 is 0 Å². The fourth-order valence-corrected chi connectivity index (χ4v) is 2.40. The molecule has 1 aromatic carbocycles. The molecule has 0 atom stereocenters. The van der Waals surface area contributed by atoms with Gasteiger partial charge in [-0.15, -0.1) is 0 Å². The lowest BCUT2D eigenvalue weighted by molar-refractivity contribution is 0.200. The van der Waals surface area contributed by atoms with Crippen molar-refractivity contribution in [3.05, 3.63) is 29.8 Å². The smallest absolute Gasteiger partial charge is 0.423 e. The van der Waals surface area contributed by atoms with E-state index in [9.17, 15) is 10.0 Å². The Bertz CT molecular complexity index is 366. The monoisotopic (exact) mass is 233 g/mol. The lowest BCUT2D eigenvalue weighted by atomic mass is 9.77. The molecular weight excluding hydrogens is 213 g/mol. The van der Waals surface area contributed by atoms with Crippen LogP contribution in [0.25, 0.3) is 0 Å². The third kappa shape index (κ3) is 3.31. The number of benzene rings is 1. The van der Waals surface area contributed by atoms with E-state index in [2.05, 4.69) is 11.9 Å². The van der Waals surface area contributed by atoms with Crippen LogP contribution in [0.5, 0.6) is 0 Å². The Morgan fingerprint density at radius 2 is 2.00 bits per heavy atom. The zero-order valence-electron chi connectivity index (χ0n) is 10.3. The van der Waals surface area contributed by atoms with Crippen molar-refractivity contribution in [3.63, 3.8) is 0 Å². The van der Waals surface area contributed by atoms with Crippen molar-refractivity contribution < 1.29 is 10.0 Å². The van der Waals surface area contributed by atoms with E-state index >= 15 is 0 Å². The molecule has 0 radical (unpaired) electrons. The van der Waals surface area contributed by atoms with Crippen LogP contribution in [0.1, 0.15) is 24.8 Å². The lowest BCUT2D eigenvalue weighted by Gasteiger charge is -2.30. The molecule has 0 heterocycles. The molecule has 0 aliphatic heterocycles. The van der Waals surface area contributed by atoms with Crippen LogP contribution in [-0.2, 0) is 6.54 Å². The summed E-state index contributed by atoms with van der Waals surface area (Å²) < 4.78 is 0. The molecule has 4 heteroatoms. The van der Waals surface area contributed by atoms with E-state index in [1.54, 1.807) is 6.07 Å². The summed E-state index contributed by atoms with van der Waals surface area (Å²) >= 11 is 0. The molecule has 1 aliphatic carbocycles. The van der Waals surface area contributed by atoms with Crippen molar-refractivity contribution in [2.45, 2.75) is 25.8 Å². The van der Waals surface area contributed by atoms with Gasteiger partial charge in [-0.25, -0.2) is 0 Å². The topological polar surface area (TPSA) is 43.7 Å². The lowest BCUT2D eigenvalue weighted by Crippen LogP contribution is -2.36. The van der Waals surface area contributed by atoms with Crippen molar-refractivity contribution in [3.8, 4) is 0 Å². The molecule has 1 fully saturated rings. The van der Waals surface area contributed by atoms with Gasteiger partial charge >= 0.3 is 7.12 Å². The molecule has 2 N–H and O–H groups in total. The van der Waals surface area contributed by atoms with E-state index in [0.29, 0.717) is 5.46 Å². The average Bonchev–Trinajstić information content (AvgIpc) is 2.24. The molecule has 1 aromatic rings. The highest BCUT2D eigenvalue weighted by Crippen LogP contribution is 2.26. The van der Waals surface area contributed by atoms with Gasteiger partial charge in [0.05, 0.1) is 0 Å². The molecule has 0 saturated heterocycles. The molecular formula is C13H20BNO2. The van der Waals surface area contributed by atoms with Crippen LogP contribution in [0.4, 0.5) is 0 Å². The van der Waals surface area contributed by atoms with Crippen LogP contribution in [0, 0.1) is 5.92 Å². The van der Waals surface area contributed by atoms with Gasteiger partial charge in [-0.1, -0.05) is 30.7 Å². The molecule has 92 valence electrons. The number of nitrogens with zero attached hydrogens (tertiary/aromatic N) is 1. The van der Waals surface area contributed by atoms with Crippen LogP contribution in [0.3, 0.4) is 0 Å². The first-order valence-electron chi connectivity index (χ1n) is 6.29. The fraction of sp³-hybridized carbons (Fsp3) is 0.538. The third-order valence-electron chi connectivity index (χ3n) is 3.57. The molecule has 1 aliphatic rings. The van der Waals surface area contributed by atoms with Gasteiger partial charge in [0.2, 0.25) is 0 Å². The largest absolute Gasteiger partial charge is 0.488 e. The number of hydrogen-bond donors (Lipinski definition) is 2. The minimum atomic E-state index is -1.37. The Hall–Kier alpha value is -0.835. The minimum absolute atomic E-state index is 0.618. The second-order valence-corrected chi connectivity index (χ2v) is 5.07. The van der Waals surface area contributed by atoms with Crippen molar-refractivity contribution in [2.75, 3.05) is 13.6 Å². The summed E-state index contributed by atoms with van der Waals surface area (Å²) in [6.45, 7) is 1.89. The van der Waals surface area contributed by atoms with Gasteiger partial charge in [0, 0.05) is 13.1 Å². The molecule has 3 nitrogen and oxygen atoms in total. The molecule has 0 spiro atoms. The quantitative estimate of drug-likeness (QED) is 0.732. The van der Waals surface area contributed by atoms with Gasteiger partial charge in [-0.05, 0) is 36.8 Å².